The van der Waals surface area contributed by atoms with Gasteiger partial charge in [-0.05, 0) is 35.0 Å². The lowest BCUT2D eigenvalue weighted by Gasteiger charge is -2.12. The van der Waals surface area contributed by atoms with E-state index in [1.165, 1.54) is 12.1 Å². The van der Waals surface area contributed by atoms with Crippen molar-refractivity contribution in [1.82, 2.24) is 0 Å². The van der Waals surface area contributed by atoms with Gasteiger partial charge < -0.3 is 9.47 Å². The smallest absolute Gasteiger partial charge is 0.387 e. The van der Waals surface area contributed by atoms with Gasteiger partial charge in [-0.25, -0.2) is 0 Å². The minimum Gasteiger partial charge on any atom is -0.466 e. The normalized spacial score (nSPS) is 10.6. The van der Waals surface area contributed by atoms with Crippen molar-refractivity contribution in [2.24, 2.45) is 0 Å². The summed E-state index contributed by atoms with van der Waals surface area (Å²) in [5.74, 6) is -0.692. The molecule has 0 aliphatic rings. The summed E-state index contributed by atoms with van der Waals surface area (Å²) in [6, 6.07) is 2.78. The molecule has 0 fully saturated rings. The van der Waals surface area contributed by atoms with Gasteiger partial charge in [0, 0.05) is 10.0 Å². The lowest BCUT2D eigenvalue weighted by Crippen LogP contribution is -2.11. The third-order valence-corrected chi connectivity index (χ3v) is 3.32. The van der Waals surface area contributed by atoms with E-state index in [0.717, 1.165) is 0 Å². The Morgan fingerprint density at radius 1 is 1.50 bits per heavy atom. The van der Waals surface area contributed by atoms with Gasteiger partial charge >= 0.3 is 12.6 Å². The summed E-state index contributed by atoms with van der Waals surface area (Å²) in [5, 5.41) is 0.154. The molecule has 0 radical (unpaired) electrons. The van der Waals surface area contributed by atoms with Crippen LogP contribution in [0.4, 0.5) is 8.78 Å². The number of hydrogen-bond acceptors (Lipinski definition) is 3. The predicted octanol–water partition coefficient (Wildman–Crippen LogP) is 3.81. The largest absolute Gasteiger partial charge is 0.466 e. The SMILES string of the molecule is CCOC(=O)Cc1c(OC(F)F)ccc(Br)c1Cl. The Kier molecular flexibility index (Phi) is 5.81. The topological polar surface area (TPSA) is 35.5 Å². The van der Waals surface area contributed by atoms with Crippen LogP contribution < -0.4 is 4.74 Å². The van der Waals surface area contributed by atoms with Crippen molar-refractivity contribution in [1.29, 1.82) is 0 Å². The molecule has 0 unspecified atom stereocenters. The molecule has 0 amide bonds. The Morgan fingerprint density at radius 2 is 2.17 bits per heavy atom. The summed E-state index contributed by atoms with van der Waals surface area (Å²) < 4.78 is 34.0. The zero-order valence-corrected chi connectivity index (χ0v) is 11.7. The van der Waals surface area contributed by atoms with Gasteiger partial charge in [0.1, 0.15) is 5.75 Å². The summed E-state index contributed by atoms with van der Waals surface area (Å²) >= 11 is 9.09. The first-order valence-electron chi connectivity index (χ1n) is 5.03. The molecule has 0 aliphatic heterocycles. The zero-order valence-electron chi connectivity index (χ0n) is 9.38. The first-order valence-corrected chi connectivity index (χ1v) is 6.20. The highest BCUT2D eigenvalue weighted by Gasteiger charge is 2.18. The van der Waals surface area contributed by atoms with Crippen molar-refractivity contribution in [3.05, 3.63) is 27.2 Å². The molecule has 0 aliphatic carbocycles. The van der Waals surface area contributed by atoms with Crippen molar-refractivity contribution >= 4 is 33.5 Å². The maximum Gasteiger partial charge on any atom is 0.387 e. The first kappa shape index (κ1) is 15.2. The van der Waals surface area contributed by atoms with Crippen molar-refractivity contribution in [3.8, 4) is 5.75 Å². The molecular formula is C11H10BrClF2O3. The third-order valence-electron chi connectivity index (χ3n) is 2.00. The van der Waals surface area contributed by atoms with Gasteiger partial charge in [-0.2, -0.15) is 8.78 Å². The standard InChI is InChI=1S/C11H10BrClF2O3/c1-2-17-9(16)5-6-8(18-11(14)15)4-3-7(12)10(6)13/h3-4,11H,2,5H2,1H3. The van der Waals surface area contributed by atoms with E-state index in [2.05, 4.69) is 20.7 Å². The summed E-state index contributed by atoms with van der Waals surface area (Å²) in [6.45, 7) is -1.13. The third kappa shape index (κ3) is 4.10. The van der Waals surface area contributed by atoms with Gasteiger partial charge in [0.15, 0.2) is 0 Å². The number of benzene rings is 1. The number of rotatable bonds is 5. The Labute approximate surface area is 116 Å². The maximum absolute atomic E-state index is 12.2. The van der Waals surface area contributed by atoms with Crippen LogP contribution in [0.25, 0.3) is 0 Å². The number of carbonyl (C=O) groups excluding carboxylic acids is 1. The van der Waals surface area contributed by atoms with E-state index in [-0.39, 0.29) is 29.4 Å². The molecule has 1 aromatic rings. The highest BCUT2D eigenvalue weighted by atomic mass is 79.9. The highest BCUT2D eigenvalue weighted by Crippen LogP contribution is 2.34. The molecule has 1 rings (SSSR count). The van der Waals surface area contributed by atoms with Crippen LogP contribution in [0.3, 0.4) is 0 Å². The molecule has 0 spiro atoms. The van der Waals surface area contributed by atoms with Crippen LogP contribution in [0.15, 0.2) is 16.6 Å². The molecule has 18 heavy (non-hydrogen) atoms. The molecule has 0 N–H and O–H groups in total. The quantitative estimate of drug-likeness (QED) is 0.763. The number of esters is 1. The van der Waals surface area contributed by atoms with Crippen molar-refractivity contribution in [3.63, 3.8) is 0 Å². The Hall–Kier alpha value is -0.880. The van der Waals surface area contributed by atoms with Crippen LogP contribution >= 0.6 is 27.5 Å². The van der Waals surface area contributed by atoms with Crippen molar-refractivity contribution in [2.45, 2.75) is 20.0 Å². The summed E-state index contributed by atoms with van der Waals surface area (Å²) in [5.41, 5.74) is 0.171. The van der Waals surface area contributed by atoms with Crippen molar-refractivity contribution < 1.29 is 23.0 Å². The summed E-state index contributed by atoms with van der Waals surface area (Å²) in [4.78, 5) is 11.4. The monoisotopic (exact) mass is 342 g/mol. The molecule has 0 saturated heterocycles. The molecule has 0 saturated carbocycles. The second-order valence-corrected chi connectivity index (χ2v) is 4.43. The lowest BCUT2D eigenvalue weighted by molar-refractivity contribution is -0.142. The summed E-state index contributed by atoms with van der Waals surface area (Å²) in [6.07, 6.45) is -0.228. The first-order chi connectivity index (χ1) is 8.45. The van der Waals surface area contributed by atoms with Crippen molar-refractivity contribution in [2.75, 3.05) is 6.61 Å². The van der Waals surface area contributed by atoms with E-state index in [4.69, 9.17) is 16.3 Å². The molecule has 0 aromatic heterocycles. The molecular weight excluding hydrogens is 333 g/mol. The van der Waals surface area contributed by atoms with Gasteiger partial charge in [-0.3, -0.25) is 4.79 Å². The van der Waals surface area contributed by atoms with Gasteiger partial charge in [-0.15, -0.1) is 0 Å². The van der Waals surface area contributed by atoms with Gasteiger partial charge in [-0.1, -0.05) is 11.6 Å². The number of carbonyl (C=O) groups is 1. The molecule has 100 valence electrons. The van der Waals surface area contributed by atoms with Crippen LogP contribution in [0.1, 0.15) is 12.5 Å². The number of hydrogen-bond donors (Lipinski definition) is 0. The number of halogens is 4. The fraction of sp³-hybridized carbons (Fsp3) is 0.364. The lowest BCUT2D eigenvalue weighted by atomic mass is 10.1. The average molecular weight is 344 g/mol. The fourth-order valence-electron chi connectivity index (χ4n) is 1.30. The Balaban J connectivity index is 3.04. The van der Waals surface area contributed by atoms with E-state index in [9.17, 15) is 13.6 Å². The minimum absolute atomic E-state index is 0.133. The molecule has 0 bridgehead atoms. The fourth-order valence-corrected chi connectivity index (χ4v) is 1.90. The van der Waals surface area contributed by atoms with E-state index in [0.29, 0.717) is 4.47 Å². The zero-order chi connectivity index (χ0) is 13.7. The van der Waals surface area contributed by atoms with Crippen LogP contribution in [0.5, 0.6) is 5.75 Å². The molecule has 7 heteroatoms. The Morgan fingerprint density at radius 3 is 2.72 bits per heavy atom. The van der Waals surface area contributed by atoms with Crippen LogP contribution in [-0.4, -0.2) is 19.2 Å². The number of ether oxygens (including phenoxy) is 2. The average Bonchev–Trinajstić information content (AvgIpc) is 2.28. The van der Waals surface area contributed by atoms with E-state index in [1.807, 2.05) is 0 Å². The van der Waals surface area contributed by atoms with Gasteiger partial charge in [0.25, 0.3) is 0 Å². The second-order valence-electron chi connectivity index (χ2n) is 3.20. The summed E-state index contributed by atoms with van der Waals surface area (Å²) in [7, 11) is 0. The van der Waals surface area contributed by atoms with Gasteiger partial charge in [0.05, 0.1) is 18.1 Å². The molecule has 0 atom stereocenters. The maximum atomic E-state index is 12.2. The van der Waals surface area contributed by atoms with E-state index < -0.39 is 12.6 Å². The van der Waals surface area contributed by atoms with Crippen LogP contribution in [0, 0.1) is 0 Å². The molecule has 0 heterocycles. The van der Waals surface area contributed by atoms with E-state index >= 15 is 0 Å². The van der Waals surface area contributed by atoms with Crippen LogP contribution in [0.2, 0.25) is 5.02 Å². The second kappa shape index (κ2) is 6.89. The predicted molar refractivity (Wildman–Crippen MR) is 66.1 cm³/mol. The van der Waals surface area contributed by atoms with Crippen LogP contribution in [-0.2, 0) is 16.0 Å². The highest BCUT2D eigenvalue weighted by molar-refractivity contribution is 9.10. The number of alkyl halides is 2. The Bertz CT molecular complexity index is 441. The minimum atomic E-state index is -2.98. The van der Waals surface area contributed by atoms with E-state index in [1.54, 1.807) is 6.92 Å². The molecule has 3 nitrogen and oxygen atoms in total. The van der Waals surface area contributed by atoms with Gasteiger partial charge in [0.2, 0.25) is 0 Å². The molecule has 1 aromatic carbocycles.